The van der Waals surface area contributed by atoms with Crippen LogP contribution in [0.2, 0.25) is 0 Å². The summed E-state index contributed by atoms with van der Waals surface area (Å²) in [5, 5.41) is 7.50. The molecule has 0 atom stereocenters. The van der Waals surface area contributed by atoms with Crippen molar-refractivity contribution in [2.75, 3.05) is 19.0 Å². The maximum atomic E-state index is 12.2. The van der Waals surface area contributed by atoms with Crippen LogP contribution in [0.15, 0.2) is 48.5 Å². The minimum atomic E-state index is -0.0110. The summed E-state index contributed by atoms with van der Waals surface area (Å²) < 4.78 is 12.6. The standard InChI is InChI=1S/C23H28N4O3/c1-5-13-30-23-25-22(17-9-11-20(29-4)12-10-17)27(26-23)19-8-6-7-18(15-19)24-21(28)14-16(2)3/h6-12,15-16H,5,13-14H2,1-4H3,(H,24,28). The second-order valence-electron chi connectivity index (χ2n) is 7.40. The molecule has 7 nitrogen and oxygen atoms in total. The van der Waals surface area contributed by atoms with Gasteiger partial charge in [0.2, 0.25) is 5.91 Å². The number of carbonyl (C=O) groups is 1. The number of anilines is 1. The van der Waals surface area contributed by atoms with Crippen LogP contribution < -0.4 is 14.8 Å². The van der Waals surface area contributed by atoms with Crippen molar-refractivity contribution in [2.45, 2.75) is 33.6 Å². The van der Waals surface area contributed by atoms with Crippen LogP contribution >= 0.6 is 0 Å². The predicted octanol–water partition coefficient (Wildman–Crippen LogP) is 4.72. The number of aromatic nitrogens is 3. The van der Waals surface area contributed by atoms with E-state index in [-0.39, 0.29) is 5.91 Å². The third-order valence-corrected chi connectivity index (χ3v) is 4.34. The number of nitrogens with one attached hydrogen (secondary N) is 1. The van der Waals surface area contributed by atoms with E-state index in [1.807, 2.05) is 69.3 Å². The Morgan fingerprint density at radius 2 is 1.93 bits per heavy atom. The van der Waals surface area contributed by atoms with Gasteiger partial charge in [-0.3, -0.25) is 4.79 Å². The number of benzene rings is 2. The Kier molecular flexibility index (Phi) is 7.06. The van der Waals surface area contributed by atoms with Gasteiger partial charge in [-0.05, 0) is 54.8 Å². The minimum Gasteiger partial charge on any atom is -0.497 e. The van der Waals surface area contributed by atoms with E-state index in [0.29, 0.717) is 36.5 Å². The van der Waals surface area contributed by atoms with Crippen molar-refractivity contribution < 1.29 is 14.3 Å². The molecule has 0 saturated carbocycles. The molecule has 30 heavy (non-hydrogen) atoms. The zero-order valence-electron chi connectivity index (χ0n) is 17.9. The van der Waals surface area contributed by atoms with E-state index in [9.17, 15) is 4.79 Å². The molecule has 0 saturated heterocycles. The average Bonchev–Trinajstić information content (AvgIpc) is 3.16. The van der Waals surface area contributed by atoms with Crippen LogP contribution in [0.3, 0.4) is 0 Å². The lowest BCUT2D eigenvalue weighted by Gasteiger charge is -2.10. The summed E-state index contributed by atoms with van der Waals surface area (Å²) in [4.78, 5) is 16.7. The highest BCUT2D eigenvalue weighted by molar-refractivity contribution is 5.91. The first-order valence-electron chi connectivity index (χ1n) is 10.1. The fourth-order valence-corrected chi connectivity index (χ4v) is 2.95. The monoisotopic (exact) mass is 408 g/mol. The molecule has 1 aromatic heterocycles. The van der Waals surface area contributed by atoms with E-state index in [2.05, 4.69) is 15.4 Å². The Labute approximate surface area is 177 Å². The fraction of sp³-hybridized carbons (Fsp3) is 0.348. The van der Waals surface area contributed by atoms with Crippen molar-refractivity contribution in [1.29, 1.82) is 0 Å². The number of hydrogen-bond acceptors (Lipinski definition) is 5. The molecule has 1 N–H and O–H groups in total. The molecule has 0 bridgehead atoms. The smallest absolute Gasteiger partial charge is 0.336 e. The molecule has 0 unspecified atom stereocenters. The van der Waals surface area contributed by atoms with Crippen LogP contribution in [0.5, 0.6) is 11.8 Å². The number of methoxy groups -OCH3 is 1. The molecule has 0 radical (unpaired) electrons. The normalized spacial score (nSPS) is 10.8. The molecule has 0 aliphatic carbocycles. The SMILES string of the molecule is CCCOc1nc(-c2ccc(OC)cc2)n(-c2cccc(NC(=O)CC(C)C)c2)n1. The summed E-state index contributed by atoms with van der Waals surface area (Å²) >= 11 is 0. The van der Waals surface area contributed by atoms with Crippen molar-refractivity contribution >= 4 is 11.6 Å². The fourth-order valence-electron chi connectivity index (χ4n) is 2.95. The summed E-state index contributed by atoms with van der Waals surface area (Å²) in [6.45, 7) is 6.61. The van der Waals surface area contributed by atoms with Gasteiger partial charge in [-0.1, -0.05) is 26.8 Å². The molecule has 0 fully saturated rings. The lowest BCUT2D eigenvalue weighted by atomic mass is 10.1. The quantitative estimate of drug-likeness (QED) is 0.554. The molecule has 2 aromatic carbocycles. The maximum absolute atomic E-state index is 12.2. The van der Waals surface area contributed by atoms with Crippen LogP contribution in [0.25, 0.3) is 17.1 Å². The molecule has 158 valence electrons. The van der Waals surface area contributed by atoms with E-state index in [0.717, 1.165) is 23.4 Å². The van der Waals surface area contributed by atoms with E-state index >= 15 is 0 Å². The van der Waals surface area contributed by atoms with Crippen molar-refractivity contribution in [3.8, 4) is 28.8 Å². The topological polar surface area (TPSA) is 78.3 Å². The zero-order chi connectivity index (χ0) is 21.5. The van der Waals surface area contributed by atoms with E-state index in [1.165, 1.54) is 0 Å². The molecule has 0 aliphatic heterocycles. The summed E-state index contributed by atoms with van der Waals surface area (Å²) in [5.41, 5.74) is 2.37. The predicted molar refractivity (Wildman–Crippen MR) is 117 cm³/mol. The first kappa shape index (κ1) is 21.4. The zero-order valence-corrected chi connectivity index (χ0v) is 17.9. The van der Waals surface area contributed by atoms with Gasteiger partial charge in [-0.25, -0.2) is 4.68 Å². The van der Waals surface area contributed by atoms with E-state index in [4.69, 9.17) is 9.47 Å². The maximum Gasteiger partial charge on any atom is 0.336 e. The number of carbonyl (C=O) groups excluding carboxylic acids is 1. The highest BCUT2D eigenvalue weighted by Crippen LogP contribution is 2.26. The summed E-state index contributed by atoms with van der Waals surface area (Å²) in [6.07, 6.45) is 1.34. The van der Waals surface area contributed by atoms with Crippen LogP contribution in [0, 0.1) is 5.92 Å². The van der Waals surface area contributed by atoms with Gasteiger partial charge in [0.1, 0.15) is 5.75 Å². The summed E-state index contributed by atoms with van der Waals surface area (Å²) in [6, 6.07) is 15.5. The largest absolute Gasteiger partial charge is 0.497 e. The first-order chi connectivity index (χ1) is 14.5. The Morgan fingerprint density at radius 3 is 2.60 bits per heavy atom. The van der Waals surface area contributed by atoms with Gasteiger partial charge in [0, 0.05) is 17.7 Å². The highest BCUT2D eigenvalue weighted by Gasteiger charge is 2.16. The van der Waals surface area contributed by atoms with Crippen LogP contribution in [-0.4, -0.2) is 34.4 Å². The number of ether oxygens (including phenoxy) is 2. The molecule has 3 aromatic rings. The van der Waals surface area contributed by atoms with Crippen molar-refractivity contribution in [2.24, 2.45) is 5.92 Å². The van der Waals surface area contributed by atoms with E-state index < -0.39 is 0 Å². The molecular formula is C23H28N4O3. The second kappa shape index (κ2) is 9.91. The molecule has 0 aliphatic rings. The first-order valence-corrected chi connectivity index (χ1v) is 10.1. The number of rotatable bonds is 9. The Morgan fingerprint density at radius 1 is 1.17 bits per heavy atom. The minimum absolute atomic E-state index is 0.0110. The third kappa shape index (κ3) is 5.37. The molecule has 3 rings (SSSR count). The third-order valence-electron chi connectivity index (χ3n) is 4.34. The summed E-state index contributed by atoms with van der Waals surface area (Å²) in [5.74, 6) is 1.70. The Balaban J connectivity index is 1.96. The molecule has 1 heterocycles. The van der Waals surface area contributed by atoms with Crippen molar-refractivity contribution in [1.82, 2.24) is 14.8 Å². The highest BCUT2D eigenvalue weighted by atomic mass is 16.5. The molecular weight excluding hydrogens is 380 g/mol. The van der Waals surface area contributed by atoms with Crippen LogP contribution in [0.4, 0.5) is 5.69 Å². The van der Waals surface area contributed by atoms with Crippen molar-refractivity contribution in [3.05, 3.63) is 48.5 Å². The molecule has 0 spiro atoms. The van der Waals surface area contributed by atoms with Gasteiger partial charge in [-0.2, -0.15) is 4.98 Å². The van der Waals surface area contributed by atoms with E-state index in [1.54, 1.807) is 11.8 Å². The van der Waals surface area contributed by atoms with Crippen LogP contribution in [-0.2, 0) is 4.79 Å². The van der Waals surface area contributed by atoms with Gasteiger partial charge in [-0.15, -0.1) is 5.10 Å². The molecule has 7 heteroatoms. The lowest BCUT2D eigenvalue weighted by Crippen LogP contribution is -2.14. The van der Waals surface area contributed by atoms with Gasteiger partial charge < -0.3 is 14.8 Å². The lowest BCUT2D eigenvalue weighted by molar-refractivity contribution is -0.116. The summed E-state index contributed by atoms with van der Waals surface area (Å²) in [7, 11) is 1.63. The second-order valence-corrected chi connectivity index (χ2v) is 7.40. The van der Waals surface area contributed by atoms with Crippen LogP contribution in [0.1, 0.15) is 33.6 Å². The average molecular weight is 409 g/mol. The number of nitrogens with zero attached hydrogens (tertiary/aromatic N) is 3. The Hall–Kier alpha value is -3.35. The van der Waals surface area contributed by atoms with Gasteiger partial charge in [0.05, 0.1) is 19.4 Å². The number of hydrogen-bond donors (Lipinski definition) is 1. The van der Waals surface area contributed by atoms with Crippen molar-refractivity contribution in [3.63, 3.8) is 0 Å². The number of amides is 1. The van der Waals surface area contributed by atoms with Gasteiger partial charge in [0.15, 0.2) is 5.82 Å². The van der Waals surface area contributed by atoms with Gasteiger partial charge >= 0.3 is 6.01 Å². The van der Waals surface area contributed by atoms with Gasteiger partial charge in [0.25, 0.3) is 0 Å². The molecule has 1 amide bonds. The Bertz CT molecular complexity index is 980.